The molecule has 2 atom stereocenters. The molecule has 7 nitrogen and oxygen atoms in total. The van der Waals surface area contributed by atoms with E-state index in [1.165, 1.54) is 0 Å². The van der Waals surface area contributed by atoms with Gasteiger partial charge >= 0.3 is 0 Å². The van der Waals surface area contributed by atoms with Crippen LogP contribution in [-0.2, 0) is 0 Å². The van der Waals surface area contributed by atoms with Crippen LogP contribution >= 0.6 is 11.6 Å². The summed E-state index contributed by atoms with van der Waals surface area (Å²) < 4.78 is 0. The summed E-state index contributed by atoms with van der Waals surface area (Å²) in [6.45, 7) is 8.23. The SMILES string of the molecule is CC(C)C(C)(O)C1CN(c2ccc(Cl)c(-c3[nH]nc4ncccc34)n2)CCN1.[HH].[HH]. The fourth-order valence-electron chi connectivity index (χ4n) is 3.57. The molecule has 1 aliphatic heterocycles. The Hall–Kier alpha value is -2.22. The van der Waals surface area contributed by atoms with E-state index in [1.54, 1.807) is 6.20 Å². The molecule has 0 aliphatic carbocycles. The first-order valence-corrected chi connectivity index (χ1v) is 9.92. The number of aromatic nitrogens is 4. The Morgan fingerprint density at radius 3 is 2.96 bits per heavy atom. The van der Waals surface area contributed by atoms with Crippen molar-refractivity contribution in [1.82, 2.24) is 25.5 Å². The normalized spacial score (nSPS) is 19.9. The van der Waals surface area contributed by atoms with Crippen molar-refractivity contribution in [1.29, 1.82) is 0 Å². The van der Waals surface area contributed by atoms with Crippen molar-refractivity contribution in [2.45, 2.75) is 32.4 Å². The average molecular weight is 405 g/mol. The highest BCUT2D eigenvalue weighted by molar-refractivity contribution is 6.33. The van der Waals surface area contributed by atoms with Gasteiger partial charge in [0.25, 0.3) is 0 Å². The first-order chi connectivity index (χ1) is 13.4. The summed E-state index contributed by atoms with van der Waals surface area (Å²) in [4.78, 5) is 11.3. The fraction of sp³-hybridized carbons (Fsp3) is 0.450. The van der Waals surface area contributed by atoms with E-state index in [-0.39, 0.29) is 14.8 Å². The standard InChI is InChI=1S/C20H25ClN6O.2H2/c1-12(2)20(3,28)15-11-27(10-9-22-15)16-7-6-14(21)18(24-16)17-13-5-4-8-23-19(13)26-25-17;;/h4-8,12,15,22,28H,9-11H2,1-3H3,(H,23,25,26);2*1H. The Morgan fingerprint density at radius 2 is 2.18 bits per heavy atom. The van der Waals surface area contributed by atoms with E-state index in [0.29, 0.717) is 22.9 Å². The van der Waals surface area contributed by atoms with Gasteiger partial charge in [-0.3, -0.25) is 5.10 Å². The van der Waals surface area contributed by atoms with Gasteiger partial charge in [-0.05, 0) is 37.1 Å². The van der Waals surface area contributed by atoms with Crippen LogP contribution in [0, 0.1) is 5.92 Å². The molecule has 0 radical (unpaired) electrons. The van der Waals surface area contributed by atoms with Gasteiger partial charge in [0, 0.05) is 34.1 Å². The van der Waals surface area contributed by atoms with Crippen LogP contribution in [0.1, 0.15) is 23.6 Å². The molecule has 0 aromatic carbocycles. The molecule has 0 amide bonds. The molecule has 0 saturated carbocycles. The van der Waals surface area contributed by atoms with Crippen LogP contribution in [0.2, 0.25) is 5.02 Å². The fourth-order valence-corrected chi connectivity index (χ4v) is 3.77. The smallest absolute Gasteiger partial charge is 0.181 e. The second kappa shape index (κ2) is 7.31. The molecular weight excluding hydrogens is 376 g/mol. The Balaban J connectivity index is 0.00000160. The highest BCUT2D eigenvalue weighted by Crippen LogP contribution is 2.32. The Morgan fingerprint density at radius 1 is 1.36 bits per heavy atom. The molecule has 4 heterocycles. The van der Waals surface area contributed by atoms with E-state index < -0.39 is 5.60 Å². The van der Waals surface area contributed by atoms with E-state index in [4.69, 9.17) is 16.6 Å². The van der Waals surface area contributed by atoms with Crippen LogP contribution in [0.25, 0.3) is 22.4 Å². The zero-order chi connectivity index (χ0) is 19.9. The van der Waals surface area contributed by atoms with Crippen LogP contribution in [0.3, 0.4) is 0 Å². The molecule has 3 aromatic heterocycles. The van der Waals surface area contributed by atoms with E-state index in [2.05, 4.69) is 25.4 Å². The van der Waals surface area contributed by atoms with Crippen LogP contribution in [0.15, 0.2) is 30.5 Å². The van der Waals surface area contributed by atoms with Gasteiger partial charge in [-0.25, -0.2) is 9.97 Å². The Bertz CT molecular complexity index is 996. The average Bonchev–Trinajstić information content (AvgIpc) is 3.12. The third-order valence-corrected chi connectivity index (χ3v) is 6.08. The number of H-pyrrole nitrogens is 1. The van der Waals surface area contributed by atoms with Crippen molar-refractivity contribution in [2.75, 3.05) is 24.5 Å². The highest BCUT2D eigenvalue weighted by Gasteiger charge is 2.38. The molecule has 0 spiro atoms. The summed E-state index contributed by atoms with van der Waals surface area (Å²) in [6, 6.07) is 7.56. The Kier molecular flexibility index (Phi) is 4.99. The van der Waals surface area contributed by atoms with Gasteiger partial charge in [-0.1, -0.05) is 25.4 Å². The number of anilines is 1. The number of aromatic amines is 1. The highest BCUT2D eigenvalue weighted by atomic mass is 35.5. The summed E-state index contributed by atoms with van der Waals surface area (Å²) in [5.41, 5.74) is 1.24. The van der Waals surface area contributed by atoms with Crippen molar-refractivity contribution >= 4 is 28.5 Å². The number of halogens is 1. The number of fused-ring (bicyclic) bond motifs is 1. The maximum atomic E-state index is 10.9. The topological polar surface area (TPSA) is 90.0 Å². The summed E-state index contributed by atoms with van der Waals surface area (Å²) >= 11 is 6.47. The molecule has 4 rings (SSSR count). The molecule has 1 saturated heterocycles. The monoisotopic (exact) mass is 404 g/mol. The van der Waals surface area contributed by atoms with Gasteiger partial charge in [0.1, 0.15) is 11.5 Å². The lowest BCUT2D eigenvalue weighted by atomic mass is 9.84. The van der Waals surface area contributed by atoms with E-state index >= 15 is 0 Å². The number of pyridine rings is 2. The Labute approximate surface area is 172 Å². The zero-order valence-electron chi connectivity index (χ0n) is 16.3. The molecule has 0 bridgehead atoms. The van der Waals surface area contributed by atoms with Crippen LogP contribution in [0.5, 0.6) is 0 Å². The summed E-state index contributed by atoms with van der Waals surface area (Å²) in [5, 5.41) is 23.1. The van der Waals surface area contributed by atoms with Crippen LogP contribution < -0.4 is 10.2 Å². The van der Waals surface area contributed by atoms with E-state index in [9.17, 15) is 5.11 Å². The van der Waals surface area contributed by atoms with Gasteiger partial charge in [-0.15, -0.1) is 0 Å². The van der Waals surface area contributed by atoms with Gasteiger partial charge in [0.05, 0.1) is 22.4 Å². The second-order valence-corrected chi connectivity index (χ2v) is 8.21. The molecule has 3 N–H and O–H groups in total. The summed E-state index contributed by atoms with van der Waals surface area (Å²) in [7, 11) is 0. The van der Waals surface area contributed by atoms with Crippen molar-refractivity contribution in [3.05, 3.63) is 35.5 Å². The molecule has 28 heavy (non-hydrogen) atoms. The molecular formula is C20H29ClN6O. The quantitative estimate of drug-likeness (QED) is 0.617. The zero-order valence-corrected chi connectivity index (χ0v) is 17.0. The number of rotatable bonds is 4. The van der Waals surface area contributed by atoms with Crippen molar-refractivity contribution in [2.24, 2.45) is 5.92 Å². The first-order valence-electron chi connectivity index (χ1n) is 9.54. The summed E-state index contributed by atoms with van der Waals surface area (Å²) in [6.07, 6.45) is 1.71. The third kappa shape index (κ3) is 3.34. The lowest BCUT2D eigenvalue weighted by molar-refractivity contribution is -0.0231. The summed E-state index contributed by atoms with van der Waals surface area (Å²) in [5.74, 6) is 0.972. The molecule has 3 aromatic rings. The molecule has 1 fully saturated rings. The number of nitrogens with one attached hydrogen (secondary N) is 2. The van der Waals surface area contributed by atoms with Crippen LogP contribution in [0.4, 0.5) is 5.82 Å². The third-order valence-electron chi connectivity index (χ3n) is 5.77. The molecule has 8 heteroatoms. The van der Waals surface area contributed by atoms with Gasteiger partial charge in [0.2, 0.25) is 0 Å². The first kappa shape index (κ1) is 19.1. The maximum Gasteiger partial charge on any atom is 0.181 e. The minimum absolute atomic E-state index is 0. The number of hydrogen-bond donors (Lipinski definition) is 3. The number of nitrogens with zero attached hydrogens (tertiary/aromatic N) is 4. The number of piperazine rings is 1. The van der Waals surface area contributed by atoms with Gasteiger partial charge < -0.3 is 15.3 Å². The lowest BCUT2D eigenvalue weighted by Crippen LogP contribution is -2.62. The van der Waals surface area contributed by atoms with Crippen molar-refractivity contribution < 1.29 is 7.96 Å². The van der Waals surface area contributed by atoms with Crippen molar-refractivity contribution in [3.8, 4) is 11.4 Å². The van der Waals surface area contributed by atoms with Gasteiger partial charge in [-0.2, -0.15) is 5.10 Å². The molecule has 2 unspecified atom stereocenters. The molecule has 1 aliphatic rings. The molecule has 152 valence electrons. The van der Waals surface area contributed by atoms with Crippen LogP contribution in [-0.4, -0.2) is 56.5 Å². The van der Waals surface area contributed by atoms with E-state index in [1.807, 2.05) is 45.0 Å². The van der Waals surface area contributed by atoms with Crippen molar-refractivity contribution in [3.63, 3.8) is 0 Å². The predicted octanol–water partition coefficient (Wildman–Crippen LogP) is 3.35. The van der Waals surface area contributed by atoms with Gasteiger partial charge in [0.15, 0.2) is 5.65 Å². The maximum absolute atomic E-state index is 10.9. The predicted molar refractivity (Wildman–Crippen MR) is 116 cm³/mol. The minimum Gasteiger partial charge on any atom is -0.388 e. The lowest BCUT2D eigenvalue weighted by Gasteiger charge is -2.43. The number of aliphatic hydroxyl groups is 1. The largest absolute Gasteiger partial charge is 0.388 e. The van der Waals surface area contributed by atoms with E-state index in [0.717, 1.165) is 30.0 Å². The minimum atomic E-state index is -0.806. The number of hydrogen-bond acceptors (Lipinski definition) is 6. The second-order valence-electron chi connectivity index (χ2n) is 7.81.